The van der Waals surface area contributed by atoms with Gasteiger partial charge in [-0.1, -0.05) is 50.8 Å². The average Bonchev–Trinajstić information content (AvgIpc) is 2.99. The molecule has 8 heteroatoms. The molecule has 0 heterocycles. The van der Waals surface area contributed by atoms with Gasteiger partial charge in [0.05, 0.1) is 0 Å². The number of hydrogen-bond donors (Lipinski definition) is 1. The zero-order valence-corrected chi connectivity index (χ0v) is 20.8. The number of amides is 1. The van der Waals surface area contributed by atoms with Gasteiger partial charge in [0.15, 0.2) is 5.76 Å². The molecule has 1 aliphatic carbocycles. The number of para-hydroxylation sites is 1. The van der Waals surface area contributed by atoms with E-state index in [1.807, 2.05) is 17.9 Å². The summed E-state index contributed by atoms with van der Waals surface area (Å²) in [7, 11) is -2.57. The van der Waals surface area contributed by atoms with E-state index in [1.54, 1.807) is 31.3 Å². The van der Waals surface area contributed by atoms with Crippen molar-refractivity contribution >= 4 is 15.9 Å². The fraction of sp³-hybridized carbons (Fsp3) is 0.480. The number of rotatable bonds is 12. The fourth-order valence-electron chi connectivity index (χ4n) is 3.30. The van der Waals surface area contributed by atoms with E-state index >= 15 is 0 Å². The lowest BCUT2D eigenvalue weighted by Crippen LogP contribution is -2.32. The summed E-state index contributed by atoms with van der Waals surface area (Å²) in [5.74, 6) is 5.36. The number of unbranched alkanes of at least 4 members (excludes halogenated alkanes) is 2. The number of ether oxygens (including phenoxy) is 1. The van der Waals surface area contributed by atoms with Crippen LogP contribution in [0.2, 0.25) is 0 Å². The Balaban J connectivity index is 2.72. The minimum absolute atomic E-state index is 0.0675. The standard InChI is InChI=1S/C25H35N3O4S/c1-5-8-17-28(18-9-6-2)22-16-15-20(25(29)27(4)7-3)19-23(33(26,30)31)24(22)32-21-13-11-10-12-14-21/h10-14,19-20H,5-9,17-18H2,1-4H3,(H2,26,30,31). The number of primary sulfonamides is 1. The van der Waals surface area contributed by atoms with Crippen LogP contribution in [0, 0.1) is 17.8 Å². The predicted molar refractivity (Wildman–Crippen MR) is 131 cm³/mol. The minimum Gasteiger partial charge on any atom is -0.453 e. The first-order chi connectivity index (χ1) is 15.7. The first-order valence-corrected chi connectivity index (χ1v) is 13.0. The van der Waals surface area contributed by atoms with Crippen LogP contribution < -0.4 is 9.88 Å². The third-order valence-corrected chi connectivity index (χ3v) is 6.30. The van der Waals surface area contributed by atoms with E-state index in [0.717, 1.165) is 25.7 Å². The molecule has 1 aromatic rings. The molecule has 0 aliphatic heterocycles. The first kappa shape index (κ1) is 26.5. The normalized spacial score (nSPS) is 15.8. The van der Waals surface area contributed by atoms with Crippen molar-refractivity contribution < 1.29 is 17.9 Å². The molecule has 0 aromatic heterocycles. The number of nitrogens with two attached hydrogens (primary N) is 1. The average molecular weight is 474 g/mol. The highest BCUT2D eigenvalue weighted by Gasteiger charge is 2.31. The van der Waals surface area contributed by atoms with Gasteiger partial charge in [-0.2, -0.15) is 0 Å². The number of benzene rings is 1. The SMILES string of the molecule is CCCCN(CCCC)C1=C(Oc2ccccc2)C(S(N)(=O)=O)=CC(C(=O)N(C)CC)C#C1. The van der Waals surface area contributed by atoms with Gasteiger partial charge in [0.1, 0.15) is 22.3 Å². The van der Waals surface area contributed by atoms with E-state index in [2.05, 4.69) is 25.7 Å². The molecule has 33 heavy (non-hydrogen) atoms. The summed E-state index contributed by atoms with van der Waals surface area (Å²) in [5, 5.41) is 5.65. The quantitative estimate of drug-likeness (QED) is 0.469. The van der Waals surface area contributed by atoms with Crippen LogP contribution in [-0.2, 0) is 14.8 Å². The number of carbonyl (C=O) groups is 1. The van der Waals surface area contributed by atoms with Gasteiger partial charge in [-0.3, -0.25) is 4.79 Å². The Morgan fingerprint density at radius 2 is 1.70 bits per heavy atom. The van der Waals surface area contributed by atoms with Crippen molar-refractivity contribution in [1.29, 1.82) is 0 Å². The van der Waals surface area contributed by atoms with E-state index in [-0.39, 0.29) is 16.6 Å². The molecule has 2 N–H and O–H groups in total. The molecule has 0 spiro atoms. The molecule has 0 saturated carbocycles. The Hall–Kier alpha value is -2.76. The van der Waals surface area contributed by atoms with E-state index in [9.17, 15) is 13.2 Å². The van der Waals surface area contributed by atoms with Gasteiger partial charge in [0.2, 0.25) is 15.9 Å². The largest absolute Gasteiger partial charge is 0.453 e. The van der Waals surface area contributed by atoms with Gasteiger partial charge in [-0.25, -0.2) is 13.6 Å². The molecule has 1 amide bonds. The third-order valence-electron chi connectivity index (χ3n) is 5.37. The van der Waals surface area contributed by atoms with Crippen molar-refractivity contribution in [1.82, 2.24) is 9.80 Å². The van der Waals surface area contributed by atoms with Gasteiger partial charge < -0.3 is 14.5 Å². The van der Waals surface area contributed by atoms with Crippen LogP contribution in [0.25, 0.3) is 0 Å². The Kier molecular flexibility index (Phi) is 10.0. The minimum atomic E-state index is -4.22. The van der Waals surface area contributed by atoms with E-state index in [1.165, 1.54) is 11.0 Å². The smallest absolute Gasteiger partial charge is 0.241 e. The lowest BCUT2D eigenvalue weighted by atomic mass is 10.1. The Morgan fingerprint density at radius 3 is 2.21 bits per heavy atom. The molecule has 1 aliphatic rings. The van der Waals surface area contributed by atoms with Crippen molar-refractivity contribution in [3.05, 3.63) is 52.8 Å². The molecule has 1 unspecified atom stereocenters. The highest BCUT2D eigenvalue weighted by atomic mass is 32.2. The van der Waals surface area contributed by atoms with Crippen molar-refractivity contribution in [3.8, 4) is 17.6 Å². The Labute approximate surface area is 198 Å². The number of carbonyl (C=O) groups excluding carboxylic acids is 1. The lowest BCUT2D eigenvalue weighted by molar-refractivity contribution is -0.130. The van der Waals surface area contributed by atoms with Gasteiger partial charge in [0.25, 0.3) is 0 Å². The second kappa shape index (κ2) is 12.5. The number of allylic oxidation sites excluding steroid dienone is 1. The monoisotopic (exact) mass is 473 g/mol. The van der Waals surface area contributed by atoms with Crippen LogP contribution in [0.4, 0.5) is 0 Å². The maximum absolute atomic E-state index is 12.9. The van der Waals surface area contributed by atoms with Crippen LogP contribution in [0.15, 0.2) is 52.8 Å². The van der Waals surface area contributed by atoms with Crippen molar-refractivity contribution in [2.75, 3.05) is 26.7 Å². The first-order valence-electron chi connectivity index (χ1n) is 11.5. The second-order valence-corrected chi connectivity index (χ2v) is 9.49. The maximum Gasteiger partial charge on any atom is 0.241 e. The van der Waals surface area contributed by atoms with Crippen LogP contribution in [-0.4, -0.2) is 50.8 Å². The zero-order valence-electron chi connectivity index (χ0n) is 20.0. The maximum atomic E-state index is 12.9. The Bertz CT molecular complexity index is 1030. The highest BCUT2D eigenvalue weighted by Crippen LogP contribution is 2.29. The molecular formula is C25H35N3O4S. The molecule has 0 bridgehead atoms. The Morgan fingerprint density at radius 1 is 1.09 bits per heavy atom. The molecular weight excluding hydrogens is 438 g/mol. The number of hydrogen-bond acceptors (Lipinski definition) is 5. The van der Waals surface area contributed by atoms with E-state index in [4.69, 9.17) is 9.88 Å². The number of nitrogens with zero attached hydrogens (tertiary/aromatic N) is 2. The molecule has 1 atom stereocenters. The summed E-state index contributed by atoms with van der Waals surface area (Å²) in [4.78, 5) is 16.2. The topological polar surface area (TPSA) is 92.9 Å². The molecule has 180 valence electrons. The van der Waals surface area contributed by atoms with E-state index < -0.39 is 15.9 Å². The van der Waals surface area contributed by atoms with Crippen molar-refractivity contribution in [2.45, 2.75) is 46.5 Å². The third kappa shape index (κ3) is 7.37. The summed E-state index contributed by atoms with van der Waals surface area (Å²) < 4.78 is 31.6. The highest BCUT2D eigenvalue weighted by molar-refractivity contribution is 7.93. The molecule has 1 aromatic carbocycles. The van der Waals surface area contributed by atoms with Crippen molar-refractivity contribution in [3.63, 3.8) is 0 Å². The van der Waals surface area contributed by atoms with Gasteiger partial charge in [-0.05, 0) is 43.9 Å². The van der Waals surface area contributed by atoms with Crippen LogP contribution >= 0.6 is 0 Å². The summed E-state index contributed by atoms with van der Waals surface area (Å²) in [5.41, 5.74) is 0.440. The summed E-state index contributed by atoms with van der Waals surface area (Å²) in [6.07, 6.45) is 5.07. The van der Waals surface area contributed by atoms with Crippen molar-refractivity contribution in [2.24, 2.45) is 11.1 Å². The van der Waals surface area contributed by atoms with E-state index in [0.29, 0.717) is 31.1 Å². The van der Waals surface area contributed by atoms with Gasteiger partial charge >= 0.3 is 0 Å². The number of sulfonamides is 1. The van der Waals surface area contributed by atoms with Gasteiger partial charge in [-0.15, -0.1) is 0 Å². The summed E-state index contributed by atoms with van der Waals surface area (Å²) in [6, 6.07) is 8.91. The second-order valence-electron chi connectivity index (χ2n) is 7.96. The van der Waals surface area contributed by atoms with Crippen LogP contribution in [0.5, 0.6) is 5.75 Å². The molecule has 0 fully saturated rings. The summed E-state index contributed by atoms with van der Waals surface area (Å²) in [6.45, 7) is 7.88. The summed E-state index contributed by atoms with van der Waals surface area (Å²) >= 11 is 0. The fourth-order valence-corrected chi connectivity index (χ4v) is 4.02. The predicted octanol–water partition coefficient (Wildman–Crippen LogP) is 3.46. The molecule has 2 rings (SSSR count). The van der Waals surface area contributed by atoms with Crippen LogP contribution in [0.3, 0.4) is 0 Å². The van der Waals surface area contributed by atoms with Gasteiger partial charge in [0, 0.05) is 26.7 Å². The molecule has 7 nitrogen and oxygen atoms in total. The zero-order chi connectivity index (χ0) is 24.4. The molecule has 0 saturated heterocycles. The molecule has 0 radical (unpaired) electrons. The lowest BCUT2D eigenvalue weighted by Gasteiger charge is -2.27. The van der Waals surface area contributed by atoms with Crippen LogP contribution in [0.1, 0.15) is 46.5 Å².